The van der Waals surface area contributed by atoms with Crippen LogP contribution in [-0.2, 0) is 0 Å². The highest BCUT2D eigenvalue weighted by Crippen LogP contribution is 2.31. The van der Waals surface area contributed by atoms with Gasteiger partial charge in [-0.25, -0.2) is 4.99 Å². The third-order valence-electron chi connectivity index (χ3n) is 3.45. The van der Waals surface area contributed by atoms with Gasteiger partial charge in [0.15, 0.2) is 0 Å². The standard InChI is InChI=1S/C14H21N5/c1-8-6-10(3)11(7-9(8)2)19-13(16)17-12(15)18-14(19,4)5/h6-7H,1-5H3,(H4,15,16,17,18). The summed E-state index contributed by atoms with van der Waals surface area (Å²) in [5, 5.41) is 0. The van der Waals surface area contributed by atoms with Crippen LogP contribution in [0.2, 0.25) is 0 Å². The molecule has 2 rings (SSSR count). The third kappa shape index (κ3) is 2.28. The van der Waals surface area contributed by atoms with Gasteiger partial charge in [-0.1, -0.05) is 6.07 Å². The van der Waals surface area contributed by atoms with Crippen LogP contribution in [0.4, 0.5) is 5.69 Å². The number of guanidine groups is 2. The van der Waals surface area contributed by atoms with Crippen LogP contribution in [0.1, 0.15) is 30.5 Å². The van der Waals surface area contributed by atoms with E-state index < -0.39 is 5.66 Å². The maximum atomic E-state index is 6.05. The molecule has 0 amide bonds. The zero-order valence-corrected chi connectivity index (χ0v) is 12.2. The normalized spacial score (nSPS) is 18.1. The van der Waals surface area contributed by atoms with Gasteiger partial charge in [-0.3, -0.25) is 4.90 Å². The average Bonchev–Trinajstić information content (AvgIpc) is 2.22. The lowest BCUT2D eigenvalue weighted by molar-refractivity contribution is 0.533. The molecule has 1 aliphatic heterocycles. The summed E-state index contributed by atoms with van der Waals surface area (Å²) in [6.07, 6.45) is 0. The Morgan fingerprint density at radius 1 is 1.00 bits per heavy atom. The van der Waals surface area contributed by atoms with Gasteiger partial charge >= 0.3 is 0 Å². The van der Waals surface area contributed by atoms with Crippen molar-refractivity contribution in [2.45, 2.75) is 40.3 Å². The Labute approximate surface area is 114 Å². The molecule has 0 saturated heterocycles. The molecule has 0 bridgehead atoms. The minimum atomic E-state index is -0.539. The van der Waals surface area contributed by atoms with E-state index in [4.69, 9.17) is 11.5 Å². The predicted molar refractivity (Wildman–Crippen MR) is 80.5 cm³/mol. The summed E-state index contributed by atoms with van der Waals surface area (Å²) >= 11 is 0. The minimum absolute atomic E-state index is 0.222. The Hall–Kier alpha value is -2.04. The summed E-state index contributed by atoms with van der Waals surface area (Å²) in [6.45, 7) is 10.2. The van der Waals surface area contributed by atoms with Crippen LogP contribution in [0.5, 0.6) is 0 Å². The molecular weight excluding hydrogens is 238 g/mol. The number of benzene rings is 1. The molecule has 1 aromatic carbocycles. The molecule has 0 saturated carbocycles. The van der Waals surface area contributed by atoms with E-state index in [0.29, 0.717) is 5.96 Å². The highest BCUT2D eigenvalue weighted by Gasteiger charge is 2.33. The van der Waals surface area contributed by atoms with Crippen molar-refractivity contribution in [3.8, 4) is 0 Å². The van der Waals surface area contributed by atoms with E-state index in [1.807, 2.05) is 18.7 Å². The molecule has 1 aromatic rings. The molecule has 0 aliphatic carbocycles. The van der Waals surface area contributed by atoms with Crippen molar-refractivity contribution in [3.05, 3.63) is 28.8 Å². The van der Waals surface area contributed by atoms with Crippen LogP contribution in [0.3, 0.4) is 0 Å². The Morgan fingerprint density at radius 3 is 2.16 bits per heavy atom. The SMILES string of the molecule is Cc1cc(C)c(N2C(N)=NC(N)=NC2(C)C)cc1C. The quantitative estimate of drug-likeness (QED) is 0.807. The predicted octanol–water partition coefficient (Wildman–Crippen LogP) is 1.80. The Kier molecular flexibility index (Phi) is 3.00. The molecule has 1 heterocycles. The van der Waals surface area contributed by atoms with Gasteiger partial charge in [0.05, 0.1) is 0 Å². The molecule has 102 valence electrons. The van der Waals surface area contributed by atoms with Gasteiger partial charge in [-0.2, -0.15) is 4.99 Å². The molecule has 0 radical (unpaired) electrons. The first kappa shape index (κ1) is 13.4. The van der Waals surface area contributed by atoms with Crippen molar-refractivity contribution >= 4 is 17.6 Å². The van der Waals surface area contributed by atoms with E-state index in [1.54, 1.807) is 0 Å². The van der Waals surface area contributed by atoms with Gasteiger partial charge in [0.1, 0.15) is 5.66 Å². The number of hydrogen-bond donors (Lipinski definition) is 2. The lowest BCUT2D eigenvalue weighted by Crippen LogP contribution is -2.54. The van der Waals surface area contributed by atoms with Gasteiger partial charge < -0.3 is 11.5 Å². The fraction of sp³-hybridized carbons (Fsp3) is 0.429. The minimum Gasteiger partial charge on any atom is -0.369 e. The van der Waals surface area contributed by atoms with Crippen LogP contribution in [-0.4, -0.2) is 17.6 Å². The van der Waals surface area contributed by atoms with E-state index in [9.17, 15) is 0 Å². The van der Waals surface area contributed by atoms with E-state index in [0.717, 1.165) is 11.3 Å². The molecule has 0 unspecified atom stereocenters. The average molecular weight is 259 g/mol. The Balaban J connectivity index is 2.59. The van der Waals surface area contributed by atoms with Gasteiger partial charge in [0.2, 0.25) is 11.9 Å². The number of aryl methyl sites for hydroxylation is 3. The van der Waals surface area contributed by atoms with Crippen molar-refractivity contribution in [2.75, 3.05) is 4.90 Å². The van der Waals surface area contributed by atoms with Crippen LogP contribution in [0.25, 0.3) is 0 Å². The molecule has 19 heavy (non-hydrogen) atoms. The highest BCUT2D eigenvalue weighted by molar-refractivity contribution is 6.05. The number of anilines is 1. The largest absolute Gasteiger partial charge is 0.369 e. The van der Waals surface area contributed by atoms with Crippen molar-refractivity contribution in [2.24, 2.45) is 21.5 Å². The fourth-order valence-corrected chi connectivity index (χ4v) is 2.41. The van der Waals surface area contributed by atoms with E-state index in [1.165, 1.54) is 11.1 Å². The summed E-state index contributed by atoms with van der Waals surface area (Å²) in [5.74, 6) is 0.601. The first-order chi connectivity index (χ1) is 8.72. The number of nitrogens with zero attached hydrogens (tertiary/aromatic N) is 3. The second-order valence-corrected chi connectivity index (χ2v) is 5.49. The first-order valence-electron chi connectivity index (χ1n) is 6.30. The smallest absolute Gasteiger partial charge is 0.220 e. The zero-order valence-electron chi connectivity index (χ0n) is 12.2. The summed E-state index contributed by atoms with van der Waals surface area (Å²) in [6, 6.07) is 4.27. The van der Waals surface area contributed by atoms with E-state index in [-0.39, 0.29) is 5.96 Å². The van der Waals surface area contributed by atoms with Crippen LogP contribution >= 0.6 is 0 Å². The van der Waals surface area contributed by atoms with E-state index in [2.05, 4.69) is 42.9 Å². The molecule has 0 atom stereocenters. The Morgan fingerprint density at radius 2 is 1.58 bits per heavy atom. The Bertz CT molecular complexity index is 584. The number of rotatable bonds is 1. The van der Waals surface area contributed by atoms with Crippen molar-refractivity contribution in [1.29, 1.82) is 0 Å². The molecular formula is C14H21N5. The van der Waals surface area contributed by atoms with Gasteiger partial charge in [0, 0.05) is 5.69 Å². The molecule has 5 nitrogen and oxygen atoms in total. The van der Waals surface area contributed by atoms with Gasteiger partial charge in [-0.05, 0) is 57.4 Å². The number of aliphatic imine (C=N–C) groups is 2. The topological polar surface area (TPSA) is 80.0 Å². The molecule has 5 heteroatoms. The van der Waals surface area contributed by atoms with Crippen LogP contribution < -0.4 is 16.4 Å². The number of hydrogen-bond acceptors (Lipinski definition) is 5. The van der Waals surface area contributed by atoms with Crippen molar-refractivity contribution in [3.63, 3.8) is 0 Å². The fourth-order valence-electron chi connectivity index (χ4n) is 2.41. The monoisotopic (exact) mass is 259 g/mol. The second-order valence-electron chi connectivity index (χ2n) is 5.49. The third-order valence-corrected chi connectivity index (χ3v) is 3.45. The molecule has 1 aliphatic rings. The van der Waals surface area contributed by atoms with Crippen molar-refractivity contribution < 1.29 is 0 Å². The second kappa shape index (κ2) is 4.26. The summed E-state index contributed by atoms with van der Waals surface area (Å²) in [4.78, 5) is 10.4. The van der Waals surface area contributed by atoms with Crippen LogP contribution in [0.15, 0.2) is 22.1 Å². The van der Waals surface area contributed by atoms with Gasteiger partial charge in [0.25, 0.3) is 0 Å². The lowest BCUT2D eigenvalue weighted by Gasteiger charge is -2.39. The maximum Gasteiger partial charge on any atom is 0.220 e. The summed E-state index contributed by atoms with van der Waals surface area (Å²) in [7, 11) is 0. The number of nitrogens with two attached hydrogens (primary N) is 2. The van der Waals surface area contributed by atoms with Gasteiger partial charge in [-0.15, -0.1) is 0 Å². The van der Waals surface area contributed by atoms with Crippen LogP contribution in [0, 0.1) is 20.8 Å². The summed E-state index contributed by atoms with van der Waals surface area (Å²) in [5.41, 5.74) is 15.8. The first-order valence-corrected chi connectivity index (χ1v) is 6.30. The zero-order chi connectivity index (χ0) is 14.4. The maximum absolute atomic E-state index is 6.05. The van der Waals surface area contributed by atoms with Crippen molar-refractivity contribution in [1.82, 2.24) is 0 Å². The highest BCUT2D eigenvalue weighted by atomic mass is 15.4. The summed E-state index contributed by atoms with van der Waals surface area (Å²) < 4.78 is 0. The molecule has 0 aromatic heterocycles. The molecule has 4 N–H and O–H groups in total. The lowest BCUT2D eigenvalue weighted by atomic mass is 10.0. The van der Waals surface area contributed by atoms with E-state index >= 15 is 0 Å². The molecule has 0 fully saturated rings. The molecule has 0 spiro atoms.